The van der Waals surface area contributed by atoms with Gasteiger partial charge in [0.2, 0.25) is 0 Å². The van der Waals surface area contributed by atoms with E-state index >= 15 is 0 Å². The van der Waals surface area contributed by atoms with Crippen LogP contribution in [0.4, 0.5) is 0 Å². The molecule has 0 aromatic rings. The van der Waals surface area contributed by atoms with Crippen LogP contribution in [0.25, 0.3) is 0 Å². The molecule has 1 aliphatic heterocycles. The van der Waals surface area contributed by atoms with Gasteiger partial charge in [0.25, 0.3) is 5.91 Å². The minimum Gasteiger partial charge on any atom is -0.357 e. The average Bonchev–Trinajstić information content (AvgIpc) is 2.86. The van der Waals surface area contributed by atoms with Crippen molar-refractivity contribution in [2.45, 2.75) is 26.2 Å². The Kier molecular flexibility index (Phi) is 3.05. The second-order valence-electron chi connectivity index (χ2n) is 2.78. The van der Waals surface area contributed by atoms with Gasteiger partial charge in [-0.2, -0.15) is 0 Å². The Morgan fingerprint density at radius 1 is 1.50 bits per heavy atom. The van der Waals surface area contributed by atoms with Gasteiger partial charge in [0, 0.05) is 7.05 Å². The molecule has 0 aromatic heterocycles. The number of epoxide rings is 1. The molecule has 1 fully saturated rings. The smallest absolute Gasteiger partial charge is 0.253 e. The molecule has 0 bridgehead atoms. The summed E-state index contributed by atoms with van der Waals surface area (Å²) in [5, 5.41) is 2.57. The fourth-order valence-electron chi connectivity index (χ4n) is 1.30. The summed E-state index contributed by atoms with van der Waals surface area (Å²) < 4.78 is 5.23. The summed E-state index contributed by atoms with van der Waals surface area (Å²) in [4.78, 5) is 13.2. The van der Waals surface area contributed by atoms with Crippen molar-refractivity contribution in [3.63, 3.8) is 0 Å². The van der Waals surface area contributed by atoms with E-state index in [-0.39, 0.29) is 18.2 Å². The molecule has 1 N–H and O–H groups in total. The second kappa shape index (κ2) is 3.87. The van der Waals surface area contributed by atoms with E-state index in [2.05, 4.69) is 24.1 Å². The first-order chi connectivity index (χ1) is 5.74. The van der Waals surface area contributed by atoms with Crippen molar-refractivity contribution in [3.05, 3.63) is 0 Å². The number of likely N-dealkylation sites (N-methyl/N-ethyl adjacent to an activating group) is 2. The summed E-state index contributed by atoms with van der Waals surface area (Å²) in [7, 11) is 1.63. The van der Waals surface area contributed by atoms with E-state index in [4.69, 9.17) is 4.74 Å². The average molecular weight is 172 g/mol. The van der Waals surface area contributed by atoms with E-state index < -0.39 is 0 Å². The van der Waals surface area contributed by atoms with Gasteiger partial charge >= 0.3 is 0 Å². The van der Waals surface area contributed by atoms with E-state index in [0.717, 1.165) is 13.1 Å². The topological polar surface area (TPSA) is 44.9 Å². The van der Waals surface area contributed by atoms with E-state index in [1.165, 1.54) is 0 Å². The van der Waals surface area contributed by atoms with E-state index in [0.29, 0.717) is 0 Å². The number of carbonyl (C=O) groups is 1. The van der Waals surface area contributed by atoms with Gasteiger partial charge in [-0.1, -0.05) is 13.8 Å². The highest BCUT2D eigenvalue weighted by atomic mass is 16.6. The molecule has 1 aliphatic rings. The summed E-state index contributed by atoms with van der Waals surface area (Å²) in [5.41, 5.74) is 0. The van der Waals surface area contributed by atoms with Gasteiger partial charge in [0.05, 0.1) is 0 Å². The van der Waals surface area contributed by atoms with Gasteiger partial charge < -0.3 is 10.1 Å². The summed E-state index contributed by atoms with van der Waals surface area (Å²) >= 11 is 0. The second-order valence-corrected chi connectivity index (χ2v) is 2.78. The molecule has 2 unspecified atom stereocenters. The molecule has 1 heterocycles. The number of amides is 1. The SMILES string of the molecule is CCN(CC)C1OC1C(=O)NC. The Morgan fingerprint density at radius 2 is 2.08 bits per heavy atom. The molecule has 70 valence electrons. The summed E-state index contributed by atoms with van der Waals surface area (Å²) in [5.74, 6) is -0.0214. The molecule has 1 saturated heterocycles. The van der Waals surface area contributed by atoms with Crippen LogP contribution in [0.5, 0.6) is 0 Å². The Bertz CT molecular complexity index is 168. The summed E-state index contributed by atoms with van der Waals surface area (Å²) in [6.07, 6.45) is -0.227. The van der Waals surface area contributed by atoms with Crippen molar-refractivity contribution in [1.82, 2.24) is 10.2 Å². The normalized spacial score (nSPS) is 27.3. The Labute approximate surface area is 72.9 Å². The van der Waals surface area contributed by atoms with Crippen molar-refractivity contribution in [3.8, 4) is 0 Å². The van der Waals surface area contributed by atoms with Crippen molar-refractivity contribution in [1.29, 1.82) is 0 Å². The maximum absolute atomic E-state index is 11.1. The third-order valence-corrected chi connectivity index (χ3v) is 2.15. The van der Waals surface area contributed by atoms with E-state index in [1.54, 1.807) is 7.05 Å². The van der Waals surface area contributed by atoms with E-state index in [1.807, 2.05) is 0 Å². The molecule has 4 nitrogen and oxygen atoms in total. The van der Waals surface area contributed by atoms with Crippen molar-refractivity contribution < 1.29 is 9.53 Å². The Hall–Kier alpha value is -0.610. The van der Waals surface area contributed by atoms with Crippen LogP contribution in [-0.4, -0.2) is 43.3 Å². The molecule has 4 heteroatoms. The zero-order valence-electron chi connectivity index (χ0n) is 7.83. The van der Waals surface area contributed by atoms with Crippen LogP contribution in [0.15, 0.2) is 0 Å². The highest BCUT2D eigenvalue weighted by molar-refractivity contribution is 5.83. The largest absolute Gasteiger partial charge is 0.357 e. The number of carbonyl (C=O) groups excluding carboxylic acids is 1. The first-order valence-corrected chi connectivity index (χ1v) is 4.35. The molecule has 0 radical (unpaired) electrons. The third kappa shape index (κ3) is 1.76. The molecule has 0 saturated carbocycles. The van der Waals surface area contributed by atoms with Gasteiger partial charge in [-0.15, -0.1) is 0 Å². The molecular weight excluding hydrogens is 156 g/mol. The molecular formula is C8H16N2O2. The highest BCUT2D eigenvalue weighted by Gasteiger charge is 2.47. The quantitative estimate of drug-likeness (QED) is 0.597. The first-order valence-electron chi connectivity index (χ1n) is 4.35. The number of hydrogen-bond acceptors (Lipinski definition) is 3. The lowest BCUT2D eigenvalue weighted by Gasteiger charge is -2.14. The maximum Gasteiger partial charge on any atom is 0.253 e. The molecule has 0 aromatic carbocycles. The lowest BCUT2D eigenvalue weighted by Crippen LogP contribution is -2.33. The molecule has 1 amide bonds. The molecule has 1 rings (SSSR count). The zero-order chi connectivity index (χ0) is 9.14. The number of nitrogens with one attached hydrogen (secondary N) is 1. The lowest BCUT2D eigenvalue weighted by molar-refractivity contribution is -0.121. The maximum atomic E-state index is 11.1. The van der Waals surface area contributed by atoms with Crippen molar-refractivity contribution >= 4 is 5.91 Å². The first kappa shape index (κ1) is 9.48. The predicted molar refractivity (Wildman–Crippen MR) is 45.6 cm³/mol. The minimum absolute atomic E-state index is 0.0138. The minimum atomic E-state index is -0.241. The number of hydrogen-bond donors (Lipinski definition) is 1. The predicted octanol–water partition coefficient (Wildman–Crippen LogP) is -0.201. The molecule has 2 atom stereocenters. The van der Waals surface area contributed by atoms with Gasteiger partial charge in [-0.25, -0.2) is 0 Å². The summed E-state index contributed by atoms with van der Waals surface area (Å²) in [6, 6.07) is 0. The number of rotatable bonds is 4. The van der Waals surface area contributed by atoms with Crippen molar-refractivity contribution in [2.75, 3.05) is 20.1 Å². The summed E-state index contributed by atoms with van der Waals surface area (Å²) in [6.45, 7) is 5.97. The van der Waals surface area contributed by atoms with Crippen LogP contribution in [0, 0.1) is 0 Å². The van der Waals surface area contributed by atoms with Crippen LogP contribution >= 0.6 is 0 Å². The fourth-order valence-corrected chi connectivity index (χ4v) is 1.30. The van der Waals surface area contributed by atoms with Gasteiger partial charge in [0.1, 0.15) is 6.23 Å². The fraction of sp³-hybridized carbons (Fsp3) is 0.875. The lowest BCUT2D eigenvalue weighted by atomic mass is 10.3. The van der Waals surface area contributed by atoms with Crippen LogP contribution in [-0.2, 0) is 9.53 Å². The third-order valence-electron chi connectivity index (χ3n) is 2.15. The van der Waals surface area contributed by atoms with Crippen LogP contribution in [0.2, 0.25) is 0 Å². The number of ether oxygens (including phenoxy) is 1. The molecule has 0 aliphatic carbocycles. The van der Waals surface area contributed by atoms with Gasteiger partial charge in [0.15, 0.2) is 6.10 Å². The molecule has 0 spiro atoms. The Morgan fingerprint density at radius 3 is 2.50 bits per heavy atom. The zero-order valence-corrected chi connectivity index (χ0v) is 7.83. The monoisotopic (exact) mass is 172 g/mol. The molecule has 12 heavy (non-hydrogen) atoms. The Balaban J connectivity index is 2.35. The van der Waals surface area contributed by atoms with E-state index in [9.17, 15) is 4.79 Å². The van der Waals surface area contributed by atoms with Crippen LogP contribution in [0.3, 0.4) is 0 Å². The van der Waals surface area contributed by atoms with Crippen LogP contribution in [0.1, 0.15) is 13.8 Å². The van der Waals surface area contributed by atoms with Crippen molar-refractivity contribution in [2.24, 2.45) is 0 Å². The highest BCUT2D eigenvalue weighted by Crippen LogP contribution is 2.25. The number of nitrogens with zero attached hydrogens (tertiary/aromatic N) is 1. The van der Waals surface area contributed by atoms with Crippen LogP contribution < -0.4 is 5.32 Å². The van der Waals surface area contributed by atoms with Gasteiger partial charge in [-0.05, 0) is 13.1 Å². The van der Waals surface area contributed by atoms with Gasteiger partial charge in [-0.3, -0.25) is 9.69 Å². The standard InChI is InChI=1S/C8H16N2O2/c1-4-10(5-2)8-6(12-8)7(11)9-3/h6,8H,4-5H2,1-3H3,(H,9,11).